The van der Waals surface area contributed by atoms with E-state index in [4.69, 9.17) is 21.8 Å². The van der Waals surface area contributed by atoms with Crippen molar-refractivity contribution in [3.8, 4) is 0 Å². The van der Waals surface area contributed by atoms with Gasteiger partial charge in [0.1, 0.15) is 13.1 Å². The summed E-state index contributed by atoms with van der Waals surface area (Å²) >= 11 is 6.97. The van der Waals surface area contributed by atoms with Gasteiger partial charge in [-0.1, -0.05) is 11.6 Å². The number of carboxylic acids is 2. The Bertz CT molecular complexity index is 518. The summed E-state index contributed by atoms with van der Waals surface area (Å²) < 4.78 is 0. The molecule has 0 spiro atoms. The lowest BCUT2D eigenvalue weighted by Crippen LogP contribution is -2.43. The van der Waals surface area contributed by atoms with Gasteiger partial charge in [-0.15, -0.1) is 11.8 Å². The van der Waals surface area contributed by atoms with Crippen molar-refractivity contribution in [1.29, 1.82) is 0 Å². The average Bonchev–Trinajstić information content (AvgIpc) is 2.38. The molecule has 0 aliphatic heterocycles. The number of hydrogen-bond acceptors (Lipinski definition) is 4. The quantitative estimate of drug-likeness (QED) is 0.740. The number of hydrogen-bond donors (Lipinski definition) is 2. The van der Waals surface area contributed by atoms with E-state index in [1.807, 2.05) is 0 Å². The van der Waals surface area contributed by atoms with Gasteiger partial charge in [0.15, 0.2) is 0 Å². The Morgan fingerprint density at radius 3 is 2.05 bits per heavy atom. The first kappa shape index (κ1) is 17.3. The zero-order valence-electron chi connectivity index (χ0n) is 11.2. The van der Waals surface area contributed by atoms with Gasteiger partial charge in [0.2, 0.25) is 5.91 Å². The zero-order chi connectivity index (χ0) is 16.0. The molecule has 2 N–H and O–H groups in total. The third kappa shape index (κ3) is 6.05. The number of carboxylic acid groups (broad SMARTS) is 2. The molecule has 1 aromatic rings. The third-order valence-corrected chi connectivity index (χ3v) is 3.79. The number of thioether (sulfide) groups is 1. The number of amides is 1. The third-order valence-electron chi connectivity index (χ3n) is 2.44. The second-order valence-corrected chi connectivity index (χ2v) is 6.05. The molecule has 1 amide bonds. The minimum atomic E-state index is -1.26. The van der Waals surface area contributed by atoms with Crippen LogP contribution >= 0.6 is 23.4 Å². The molecule has 0 aromatic heterocycles. The maximum absolute atomic E-state index is 12.1. The summed E-state index contributed by atoms with van der Waals surface area (Å²) in [5.41, 5.74) is 0. The zero-order valence-corrected chi connectivity index (χ0v) is 12.7. The normalized spacial score (nSPS) is 11.7. The Morgan fingerprint density at radius 2 is 1.62 bits per heavy atom. The summed E-state index contributed by atoms with van der Waals surface area (Å²) in [6.45, 7) is 0.311. The molecule has 8 heteroatoms. The minimum absolute atomic E-state index is 0.542. The van der Waals surface area contributed by atoms with Crippen molar-refractivity contribution >= 4 is 41.2 Å². The molecule has 0 aliphatic carbocycles. The number of halogens is 1. The van der Waals surface area contributed by atoms with E-state index in [-0.39, 0.29) is 0 Å². The number of benzene rings is 1. The van der Waals surface area contributed by atoms with Crippen LogP contribution in [0.2, 0.25) is 5.02 Å². The van der Waals surface area contributed by atoms with Crippen molar-refractivity contribution in [3.63, 3.8) is 0 Å². The first-order chi connectivity index (χ1) is 9.79. The molecular formula is C13H14ClNO5S. The van der Waals surface area contributed by atoms with Crippen molar-refractivity contribution in [3.05, 3.63) is 29.3 Å². The predicted octanol–water partition coefficient (Wildman–Crippen LogP) is 1.82. The summed E-state index contributed by atoms with van der Waals surface area (Å²) in [4.78, 5) is 35.1. The van der Waals surface area contributed by atoms with E-state index >= 15 is 0 Å². The van der Waals surface area contributed by atoms with Crippen LogP contribution in [0.1, 0.15) is 6.92 Å². The van der Waals surface area contributed by atoms with Crippen molar-refractivity contribution in [1.82, 2.24) is 4.90 Å². The van der Waals surface area contributed by atoms with Gasteiger partial charge in [0, 0.05) is 9.92 Å². The van der Waals surface area contributed by atoms with E-state index in [0.29, 0.717) is 5.02 Å². The maximum atomic E-state index is 12.1. The largest absolute Gasteiger partial charge is 0.480 e. The highest BCUT2D eigenvalue weighted by atomic mass is 35.5. The summed E-state index contributed by atoms with van der Waals surface area (Å²) in [5, 5.41) is 17.4. The molecule has 1 atom stereocenters. The molecule has 0 aliphatic rings. The van der Waals surface area contributed by atoms with Gasteiger partial charge in [0.05, 0.1) is 5.25 Å². The molecule has 0 saturated carbocycles. The Kier molecular flexibility index (Phi) is 6.51. The SMILES string of the molecule is CC(Sc1ccc(Cl)cc1)C(=O)N(CC(=O)O)CC(=O)O. The molecule has 0 saturated heterocycles. The average molecular weight is 332 g/mol. The Hall–Kier alpha value is -1.73. The van der Waals surface area contributed by atoms with E-state index in [2.05, 4.69) is 0 Å². The molecule has 6 nitrogen and oxygen atoms in total. The van der Waals surface area contributed by atoms with Gasteiger partial charge >= 0.3 is 11.9 Å². The molecule has 0 heterocycles. The Balaban J connectivity index is 2.74. The van der Waals surface area contributed by atoms with Crippen LogP contribution in [0.3, 0.4) is 0 Å². The number of rotatable bonds is 7. The van der Waals surface area contributed by atoms with Gasteiger partial charge in [-0.3, -0.25) is 14.4 Å². The van der Waals surface area contributed by atoms with Crippen molar-refractivity contribution in [2.45, 2.75) is 17.1 Å². The fourth-order valence-electron chi connectivity index (χ4n) is 1.56. The first-order valence-electron chi connectivity index (χ1n) is 5.94. The van der Waals surface area contributed by atoms with Crippen molar-refractivity contribution in [2.75, 3.05) is 13.1 Å². The van der Waals surface area contributed by atoms with Crippen LogP contribution in [0.25, 0.3) is 0 Å². The first-order valence-corrected chi connectivity index (χ1v) is 7.20. The van der Waals surface area contributed by atoms with E-state index in [0.717, 1.165) is 9.80 Å². The second kappa shape index (κ2) is 7.90. The Morgan fingerprint density at radius 1 is 1.14 bits per heavy atom. The molecule has 0 radical (unpaired) electrons. The van der Waals surface area contributed by atoms with Crippen molar-refractivity contribution < 1.29 is 24.6 Å². The van der Waals surface area contributed by atoms with E-state index in [9.17, 15) is 14.4 Å². The number of carbonyl (C=O) groups is 3. The molecule has 0 fully saturated rings. The monoisotopic (exact) mass is 331 g/mol. The minimum Gasteiger partial charge on any atom is -0.480 e. The lowest BCUT2D eigenvalue weighted by atomic mass is 10.3. The highest BCUT2D eigenvalue weighted by Gasteiger charge is 2.25. The standard InChI is InChI=1S/C13H14ClNO5S/c1-8(21-10-4-2-9(14)3-5-10)13(20)15(6-11(16)17)7-12(18)19/h2-5,8H,6-7H2,1H3,(H,16,17)(H,18,19). The van der Waals surface area contributed by atoms with Crippen LogP contribution in [0.5, 0.6) is 0 Å². The number of aliphatic carboxylic acids is 2. The van der Waals surface area contributed by atoms with Crippen LogP contribution in [-0.4, -0.2) is 51.3 Å². The van der Waals surface area contributed by atoms with Crippen LogP contribution in [-0.2, 0) is 14.4 Å². The number of carbonyl (C=O) groups excluding carboxylic acids is 1. The molecular weight excluding hydrogens is 318 g/mol. The molecule has 114 valence electrons. The van der Waals surface area contributed by atoms with Crippen LogP contribution in [0, 0.1) is 0 Å². The number of nitrogens with zero attached hydrogens (tertiary/aromatic N) is 1. The Labute approximate surface area is 130 Å². The molecule has 1 aromatic carbocycles. The molecule has 1 unspecified atom stereocenters. The molecule has 1 rings (SSSR count). The highest BCUT2D eigenvalue weighted by Crippen LogP contribution is 2.25. The van der Waals surface area contributed by atoms with Crippen LogP contribution < -0.4 is 0 Å². The van der Waals surface area contributed by atoms with Gasteiger partial charge in [-0.2, -0.15) is 0 Å². The topological polar surface area (TPSA) is 94.9 Å². The van der Waals surface area contributed by atoms with Gasteiger partial charge in [0.25, 0.3) is 0 Å². The predicted molar refractivity (Wildman–Crippen MR) is 78.6 cm³/mol. The summed E-state index contributed by atoms with van der Waals surface area (Å²) in [6.07, 6.45) is 0. The lowest BCUT2D eigenvalue weighted by molar-refractivity contribution is -0.149. The van der Waals surface area contributed by atoms with E-state index in [1.165, 1.54) is 11.8 Å². The van der Waals surface area contributed by atoms with Gasteiger partial charge in [-0.25, -0.2) is 0 Å². The van der Waals surface area contributed by atoms with Crippen LogP contribution in [0.15, 0.2) is 29.2 Å². The summed E-state index contributed by atoms with van der Waals surface area (Å²) in [5.74, 6) is -3.05. The highest BCUT2D eigenvalue weighted by molar-refractivity contribution is 8.00. The van der Waals surface area contributed by atoms with Gasteiger partial charge < -0.3 is 15.1 Å². The molecule has 0 bridgehead atoms. The van der Waals surface area contributed by atoms with E-state index < -0.39 is 36.2 Å². The summed E-state index contributed by atoms with van der Waals surface area (Å²) in [6, 6.07) is 6.81. The lowest BCUT2D eigenvalue weighted by Gasteiger charge is -2.22. The fraction of sp³-hybridized carbons (Fsp3) is 0.308. The summed E-state index contributed by atoms with van der Waals surface area (Å²) in [7, 11) is 0. The van der Waals surface area contributed by atoms with Crippen LogP contribution in [0.4, 0.5) is 0 Å². The second-order valence-electron chi connectivity index (χ2n) is 4.20. The fourth-order valence-corrected chi connectivity index (χ4v) is 2.64. The maximum Gasteiger partial charge on any atom is 0.323 e. The van der Waals surface area contributed by atoms with Gasteiger partial charge in [-0.05, 0) is 31.2 Å². The van der Waals surface area contributed by atoms with Crippen molar-refractivity contribution in [2.24, 2.45) is 0 Å². The smallest absolute Gasteiger partial charge is 0.323 e. The molecule has 21 heavy (non-hydrogen) atoms. The van der Waals surface area contributed by atoms with E-state index in [1.54, 1.807) is 31.2 Å².